The van der Waals surface area contributed by atoms with Crippen LogP contribution in [0.25, 0.3) is 0 Å². The predicted molar refractivity (Wildman–Crippen MR) is 60.0 cm³/mol. The van der Waals surface area contributed by atoms with Gasteiger partial charge in [0.05, 0.1) is 6.42 Å². The molecule has 0 spiro atoms. The van der Waals surface area contributed by atoms with Crippen LogP contribution in [0.5, 0.6) is 0 Å². The highest BCUT2D eigenvalue weighted by Gasteiger charge is 2.36. The van der Waals surface area contributed by atoms with E-state index in [0.29, 0.717) is 12.8 Å². The minimum Gasteiger partial charge on any atom is -0.382 e. The van der Waals surface area contributed by atoms with Crippen LogP contribution in [-0.2, 0) is 18.3 Å². The quantitative estimate of drug-likeness (QED) is 0.836. The van der Waals surface area contributed by atoms with Gasteiger partial charge in [-0.2, -0.15) is 0 Å². The normalized spacial score (nSPS) is 19.6. The molecule has 4 nitrogen and oxygen atoms in total. The van der Waals surface area contributed by atoms with Gasteiger partial charge in [-0.25, -0.2) is 4.98 Å². The highest BCUT2D eigenvalue weighted by molar-refractivity contribution is 5.88. The minimum absolute atomic E-state index is 0.0819. The van der Waals surface area contributed by atoms with E-state index in [1.165, 1.54) is 0 Å². The molecule has 1 aliphatic carbocycles. The Morgan fingerprint density at radius 2 is 2.19 bits per heavy atom. The van der Waals surface area contributed by atoms with E-state index < -0.39 is 5.60 Å². The molecule has 2 rings (SSSR count). The van der Waals surface area contributed by atoms with Crippen molar-refractivity contribution in [1.82, 2.24) is 9.55 Å². The Labute approximate surface area is 95.3 Å². The molecule has 1 aliphatic rings. The zero-order chi connectivity index (χ0) is 11.6. The van der Waals surface area contributed by atoms with Crippen molar-refractivity contribution in [3.8, 4) is 0 Å². The van der Waals surface area contributed by atoms with Crippen LogP contribution in [0.4, 0.5) is 0 Å². The summed E-state index contributed by atoms with van der Waals surface area (Å²) in [6.07, 6.45) is 7.96. The third-order valence-electron chi connectivity index (χ3n) is 3.44. The van der Waals surface area contributed by atoms with Crippen molar-refractivity contribution in [3.05, 3.63) is 18.2 Å². The van der Waals surface area contributed by atoms with Crippen molar-refractivity contribution in [2.45, 2.75) is 44.1 Å². The Morgan fingerprint density at radius 3 is 2.75 bits per heavy atom. The molecule has 0 bridgehead atoms. The van der Waals surface area contributed by atoms with Gasteiger partial charge in [0.1, 0.15) is 11.4 Å². The largest absolute Gasteiger partial charge is 0.382 e. The Kier molecular flexibility index (Phi) is 3.10. The summed E-state index contributed by atoms with van der Waals surface area (Å²) in [5.74, 6) is 0.644. The van der Waals surface area contributed by atoms with E-state index >= 15 is 0 Å². The molecule has 1 fully saturated rings. The number of aryl methyl sites for hydroxylation is 1. The summed E-state index contributed by atoms with van der Waals surface area (Å²) in [5.41, 5.74) is -1.09. The molecule has 88 valence electrons. The average molecular weight is 222 g/mol. The number of ketones is 1. The molecular formula is C12H18N2O2. The summed E-state index contributed by atoms with van der Waals surface area (Å²) >= 11 is 0. The molecule has 1 heterocycles. The van der Waals surface area contributed by atoms with Gasteiger partial charge in [-0.1, -0.05) is 19.3 Å². The number of aliphatic hydroxyl groups is 1. The number of carbonyl (C=O) groups excluding carboxylic acids is 1. The van der Waals surface area contributed by atoms with Gasteiger partial charge in [-0.15, -0.1) is 0 Å². The van der Waals surface area contributed by atoms with E-state index in [4.69, 9.17) is 0 Å². The summed E-state index contributed by atoms with van der Waals surface area (Å²) in [5, 5.41) is 10.2. The first-order chi connectivity index (χ1) is 7.62. The number of hydrogen-bond donors (Lipinski definition) is 1. The van der Waals surface area contributed by atoms with Crippen LogP contribution in [0.1, 0.15) is 37.9 Å². The molecule has 1 aromatic rings. The monoisotopic (exact) mass is 222 g/mol. The lowest BCUT2D eigenvalue weighted by Gasteiger charge is -2.30. The maximum atomic E-state index is 12.0. The number of aromatic nitrogens is 2. The third kappa shape index (κ3) is 2.16. The Bertz CT molecular complexity index is 378. The third-order valence-corrected chi connectivity index (χ3v) is 3.44. The van der Waals surface area contributed by atoms with E-state index in [-0.39, 0.29) is 12.2 Å². The van der Waals surface area contributed by atoms with Crippen LogP contribution in [-0.4, -0.2) is 26.0 Å². The molecule has 4 heteroatoms. The predicted octanol–water partition coefficient (Wildman–Crippen LogP) is 1.23. The SMILES string of the molecule is Cn1ccnc1CC(=O)C1(O)CCCCC1. The van der Waals surface area contributed by atoms with Crippen LogP contribution in [0.2, 0.25) is 0 Å². The fourth-order valence-electron chi connectivity index (χ4n) is 2.29. The van der Waals surface area contributed by atoms with Crippen molar-refractivity contribution in [3.63, 3.8) is 0 Å². The maximum absolute atomic E-state index is 12.0. The number of rotatable bonds is 3. The van der Waals surface area contributed by atoms with E-state index in [2.05, 4.69) is 4.98 Å². The van der Waals surface area contributed by atoms with Gasteiger partial charge in [0.25, 0.3) is 0 Å². The molecule has 0 saturated heterocycles. The van der Waals surface area contributed by atoms with Gasteiger partial charge in [0.15, 0.2) is 5.78 Å². The molecule has 1 saturated carbocycles. The minimum atomic E-state index is -1.09. The fraction of sp³-hybridized carbons (Fsp3) is 0.667. The molecule has 0 radical (unpaired) electrons. The van der Waals surface area contributed by atoms with Gasteiger partial charge < -0.3 is 9.67 Å². The molecule has 1 N–H and O–H groups in total. The number of hydrogen-bond acceptors (Lipinski definition) is 3. The van der Waals surface area contributed by atoms with Crippen molar-refractivity contribution < 1.29 is 9.90 Å². The second-order valence-electron chi connectivity index (χ2n) is 4.65. The zero-order valence-corrected chi connectivity index (χ0v) is 9.65. The second kappa shape index (κ2) is 4.37. The molecular weight excluding hydrogens is 204 g/mol. The van der Waals surface area contributed by atoms with E-state index in [1.54, 1.807) is 6.20 Å². The van der Waals surface area contributed by atoms with Crippen LogP contribution in [0.3, 0.4) is 0 Å². The van der Waals surface area contributed by atoms with E-state index in [9.17, 15) is 9.90 Å². The standard InChI is InChI=1S/C12H18N2O2/c1-14-8-7-13-11(14)9-10(15)12(16)5-3-2-4-6-12/h7-8,16H,2-6,9H2,1H3. The lowest BCUT2D eigenvalue weighted by atomic mass is 9.81. The molecule has 0 unspecified atom stereocenters. The van der Waals surface area contributed by atoms with Crippen molar-refractivity contribution in [2.75, 3.05) is 0 Å². The Balaban J connectivity index is 2.05. The van der Waals surface area contributed by atoms with Gasteiger partial charge in [0, 0.05) is 19.4 Å². The fourth-order valence-corrected chi connectivity index (χ4v) is 2.29. The van der Waals surface area contributed by atoms with Crippen LogP contribution in [0.15, 0.2) is 12.4 Å². The lowest BCUT2D eigenvalue weighted by molar-refractivity contribution is -0.140. The number of carbonyl (C=O) groups is 1. The number of Topliss-reactive ketones (excluding diaryl/α,β-unsaturated/α-hetero) is 1. The summed E-state index contributed by atoms with van der Waals surface area (Å²) in [7, 11) is 1.86. The average Bonchev–Trinajstić information content (AvgIpc) is 2.65. The number of nitrogens with zero attached hydrogens (tertiary/aromatic N) is 2. The first-order valence-electron chi connectivity index (χ1n) is 5.84. The van der Waals surface area contributed by atoms with Crippen molar-refractivity contribution in [1.29, 1.82) is 0 Å². The van der Waals surface area contributed by atoms with Gasteiger partial charge in [-0.05, 0) is 12.8 Å². The van der Waals surface area contributed by atoms with Crippen molar-refractivity contribution in [2.24, 2.45) is 7.05 Å². The van der Waals surface area contributed by atoms with Gasteiger partial charge in [-0.3, -0.25) is 4.79 Å². The Morgan fingerprint density at radius 1 is 1.50 bits per heavy atom. The lowest BCUT2D eigenvalue weighted by Crippen LogP contribution is -2.41. The summed E-state index contributed by atoms with van der Waals surface area (Å²) in [6, 6.07) is 0. The van der Waals surface area contributed by atoms with E-state index in [0.717, 1.165) is 25.1 Å². The first-order valence-corrected chi connectivity index (χ1v) is 5.84. The summed E-state index contributed by atoms with van der Waals surface area (Å²) in [6.45, 7) is 0. The second-order valence-corrected chi connectivity index (χ2v) is 4.65. The van der Waals surface area contributed by atoms with Crippen molar-refractivity contribution >= 4 is 5.78 Å². The maximum Gasteiger partial charge on any atom is 0.171 e. The molecule has 0 aromatic carbocycles. The zero-order valence-electron chi connectivity index (χ0n) is 9.65. The van der Waals surface area contributed by atoms with E-state index in [1.807, 2.05) is 17.8 Å². The first kappa shape index (κ1) is 11.3. The highest BCUT2D eigenvalue weighted by atomic mass is 16.3. The molecule has 0 atom stereocenters. The summed E-state index contributed by atoms with van der Waals surface area (Å²) < 4.78 is 1.82. The highest BCUT2D eigenvalue weighted by Crippen LogP contribution is 2.29. The topological polar surface area (TPSA) is 55.1 Å². The molecule has 0 aliphatic heterocycles. The molecule has 1 aromatic heterocycles. The summed E-state index contributed by atoms with van der Waals surface area (Å²) in [4.78, 5) is 16.1. The van der Waals surface area contributed by atoms with Gasteiger partial charge >= 0.3 is 0 Å². The smallest absolute Gasteiger partial charge is 0.171 e. The Hall–Kier alpha value is -1.16. The van der Waals surface area contributed by atoms with Crippen LogP contribution >= 0.6 is 0 Å². The number of imidazole rings is 1. The van der Waals surface area contributed by atoms with Crippen LogP contribution in [0, 0.1) is 0 Å². The van der Waals surface area contributed by atoms with Crippen LogP contribution < -0.4 is 0 Å². The van der Waals surface area contributed by atoms with Gasteiger partial charge in [0.2, 0.25) is 0 Å². The molecule has 16 heavy (non-hydrogen) atoms. The molecule has 0 amide bonds.